The van der Waals surface area contributed by atoms with Crippen molar-refractivity contribution < 1.29 is 9.90 Å². The van der Waals surface area contributed by atoms with Gasteiger partial charge < -0.3 is 20.3 Å². The number of aryl methyl sites for hydroxylation is 1. The number of phenolic OH excluding ortho intramolecular Hbond substituents is 1. The summed E-state index contributed by atoms with van der Waals surface area (Å²) in [4.78, 5) is 14.5. The molecule has 5 nitrogen and oxygen atoms in total. The molecule has 1 aromatic carbocycles. The molecular formula is C16H19N3O2. The van der Waals surface area contributed by atoms with E-state index in [2.05, 4.69) is 23.6 Å². The van der Waals surface area contributed by atoms with Crippen LogP contribution in [0.2, 0.25) is 0 Å². The molecule has 0 saturated carbocycles. The summed E-state index contributed by atoms with van der Waals surface area (Å²) in [6.45, 7) is 5.56. The largest absolute Gasteiger partial charge is 0.506 e. The average molecular weight is 285 g/mol. The Labute approximate surface area is 123 Å². The predicted molar refractivity (Wildman–Crippen MR) is 81.1 cm³/mol. The molecule has 2 aromatic rings. The fourth-order valence-corrected chi connectivity index (χ4v) is 2.94. The Morgan fingerprint density at radius 1 is 1.29 bits per heavy atom. The summed E-state index contributed by atoms with van der Waals surface area (Å²) >= 11 is 0. The fourth-order valence-electron chi connectivity index (χ4n) is 2.94. The Kier molecular flexibility index (Phi) is 3.12. The number of nitrogens with zero attached hydrogens (tertiary/aromatic N) is 2. The van der Waals surface area contributed by atoms with Crippen molar-refractivity contribution >= 4 is 11.6 Å². The van der Waals surface area contributed by atoms with Crippen molar-refractivity contribution in [3.8, 4) is 5.75 Å². The molecule has 1 aliphatic heterocycles. The topological polar surface area (TPSA) is 71.5 Å². The number of fused-ring (bicyclic) bond motifs is 1. The van der Waals surface area contributed by atoms with E-state index < -0.39 is 0 Å². The molecule has 1 unspecified atom stereocenters. The van der Waals surface area contributed by atoms with E-state index in [1.165, 1.54) is 11.8 Å². The molecule has 0 fully saturated rings. The van der Waals surface area contributed by atoms with E-state index in [0.29, 0.717) is 12.1 Å². The zero-order valence-electron chi connectivity index (χ0n) is 12.2. The van der Waals surface area contributed by atoms with Gasteiger partial charge in [-0.3, -0.25) is 4.79 Å². The minimum Gasteiger partial charge on any atom is -0.506 e. The summed E-state index contributed by atoms with van der Waals surface area (Å²) in [6, 6.07) is 8.81. The Morgan fingerprint density at radius 2 is 2.05 bits per heavy atom. The number of aromatic hydroxyl groups is 1. The molecule has 0 radical (unpaired) electrons. The highest BCUT2D eigenvalue weighted by Crippen LogP contribution is 2.29. The molecule has 110 valence electrons. The van der Waals surface area contributed by atoms with Crippen LogP contribution in [-0.4, -0.2) is 27.0 Å². The van der Waals surface area contributed by atoms with Crippen molar-refractivity contribution in [3.05, 3.63) is 47.3 Å². The molecule has 1 amide bonds. The highest BCUT2D eigenvalue weighted by Gasteiger charge is 2.29. The number of amides is 1. The lowest BCUT2D eigenvalue weighted by molar-refractivity contribution is 0.0642. The molecule has 5 heteroatoms. The SMILES string of the molecule is Cc1ccc2n1CCN(C(=O)c1ccc(N)c(O)c1)C2C. The number of hydrogen-bond donors (Lipinski definition) is 2. The number of benzene rings is 1. The standard InChI is InChI=1S/C16H19N3O2/c1-10-3-6-14-11(2)19(8-7-18(10)14)16(21)12-4-5-13(17)15(20)9-12/h3-6,9,11,20H,7-8,17H2,1-2H3. The smallest absolute Gasteiger partial charge is 0.254 e. The molecule has 3 rings (SSSR count). The van der Waals surface area contributed by atoms with Crippen LogP contribution in [0.4, 0.5) is 5.69 Å². The van der Waals surface area contributed by atoms with Gasteiger partial charge in [0, 0.05) is 30.0 Å². The van der Waals surface area contributed by atoms with E-state index in [1.807, 2.05) is 11.8 Å². The maximum atomic E-state index is 12.7. The number of aromatic nitrogens is 1. The maximum Gasteiger partial charge on any atom is 0.254 e. The van der Waals surface area contributed by atoms with Gasteiger partial charge in [-0.2, -0.15) is 0 Å². The van der Waals surface area contributed by atoms with Crippen LogP contribution < -0.4 is 5.73 Å². The van der Waals surface area contributed by atoms with Crippen molar-refractivity contribution in [3.63, 3.8) is 0 Å². The molecule has 0 saturated heterocycles. The lowest BCUT2D eigenvalue weighted by atomic mass is 10.1. The summed E-state index contributed by atoms with van der Waals surface area (Å²) in [5.41, 5.74) is 8.69. The van der Waals surface area contributed by atoms with Crippen molar-refractivity contribution in [2.75, 3.05) is 12.3 Å². The second kappa shape index (κ2) is 4.84. The molecule has 2 heterocycles. The number of carbonyl (C=O) groups is 1. The third kappa shape index (κ3) is 2.14. The summed E-state index contributed by atoms with van der Waals surface area (Å²) in [6.07, 6.45) is 0. The first-order valence-corrected chi connectivity index (χ1v) is 7.04. The van der Waals surface area contributed by atoms with Crippen molar-refractivity contribution in [2.45, 2.75) is 26.4 Å². The minimum absolute atomic E-state index is 0.0136. The van der Waals surface area contributed by atoms with E-state index in [4.69, 9.17) is 5.73 Å². The van der Waals surface area contributed by atoms with Crippen LogP contribution in [-0.2, 0) is 6.54 Å². The zero-order valence-corrected chi connectivity index (χ0v) is 12.2. The van der Waals surface area contributed by atoms with Gasteiger partial charge in [0.25, 0.3) is 5.91 Å². The first-order valence-electron chi connectivity index (χ1n) is 7.04. The first-order chi connectivity index (χ1) is 9.99. The van der Waals surface area contributed by atoms with Crippen molar-refractivity contribution in [2.24, 2.45) is 0 Å². The highest BCUT2D eigenvalue weighted by atomic mass is 16.3. The number of nitrogens with two attached hydrogens (primary N) is 1. The van der Waals surface area contributed by atoms with E-state index in [1.54, 1.807) is 12.1 Å². The number of carbonyl (C=O) groups excluding carboxylic acids is 1. The molecule has 1 aromatic heterocycles. The Morgan fingerprint density at radius 3 is 2.76 bits per heavy atom. The highest BCUT2D eigenvalue weighted by molar-refractivity contribution is 5.95. The minimum atomic E-state index is -0.0806. The Hall–Kier alpha value is -2.43. The van der Waals surface area contributed by atoms with Gasteiger partial charge >= 0.3 is 0 Å². The summed E-state index contributed by atoms with van der Waals surface area (Å²) in [5.74, 6) is -0.132. The van der Waals surface area contributed by atoms with Crippen LogP contribution in [0.3, 0.4) is 0 Å². The molecule has 0 aliphatic carbocycles. The van der Waals surface area contributed by atoms with Gasteiger partial charge in [0.15, 0.2) is 0 Å². The predicted octanol–water partition coefficient (Wildman–Crippen LogP) is 2.30. The maximum absolute atomic E-state index is 12.7. The van der Waals surface area contributed by atoms with Crippen LogP contribution in [0.25, 0.3) is 0 Å². The van der Waals surface area contributed by atoms with Gasteiger partial charge in [-0.1, -0.05) is 0 Å². The number of phenols is 1. The molecule has 1 aliphatic rings. The van der Waals surface area contributed by atoms with E-state index in [-0.39, 0.29) is 23.4 Å². The summed E-state index contributed by atoms with van der Waals surface area (Å²) in [5, 5.41) is 9.67. The van der Waals surface area contributed by atoms with Gasteiger partial charge in [0.2, 0.25) is 0 Å². The molecule has 21 heavy (non-hydrogen) atoms. The van der Waals surface area contributed by atoms with Crippen molar-refractivity contribution in [1.29, 1.82) is 0 Å². The van der Waals surface area contributed by atoms with Crippen LogP contribution >= 0.6 is 0 Å². The number of anilines is 1. The molecular weight excluding hydrogens is 266 g/mol. The van der Waals surface area contributed by atoms with Gasteiger partial charge in [-0.15, -0.1) is 0 Å². The monoisotopic (exact) mass is 285 g/mol. The van der Waals surface area contributed by atoms with Crippen LogP contribution in [0.1, 0.15) is 34.7 Å². The number of hydrogen-bond acceptors (Lipinski definition) is 3. The third-order valence-electron chi connectivity index (χ3n) is 4.23. The second-order valence-corrected chi connectivity index (χ2v) is 5.50. The lowest BCUT2D eigenvalue weighted by Gasteiger charge is -2.35. The molecule has 1 atom stereocenters. The first kappa shape index (κ1) is 13.5. The molecule has 0 bridgehead atoms. The fraction of sp³-hybridized carbons (Fsp3) is 0.312. The molecule has 3 N–H and O–H groups in total. The van der Waals surface area contributed by atoms with Crippen molar-refractivity contribution in [1.82, 2.24) is 9.47 Å². The van der Waals surface area contributed by atoms with Crippen LogP contribution in [0.15, 0.2) is 30.3 Å². The van der Waals surface area contributed by atoms with Gasteiger partial charge in [0.1, 0.15) is 5.75 Å². The normalized spacial score (nSPS) is 17.6. The summed E-state index contributed by atoms with van der Waals surface area (Å²) in [7, 11) is 0. The Balaban J connectivity index is 1.91. The van der Waals surface area contributed by atoms with Gasteiger partial charge in [-0.25, -0.2) is 0 Å². The van der Waals surface area contributed by atoms with Gasteiger partial charge in [-0.05, 0) is 44.2 Å². The van der Waals surface area contributed by atoms with E-state index in [0.717, 1.165) is 12.2 Å². The van der Waals surface area contributed by atoms with E-state index in [9.17, 15) is 9.90 Å². The quantitative estimate of drug-likeness (QED) is 0.624. The third-order valence-corrected chi connectivity index (χ3v) is 4.23. The zero-order chi connectivity index (χ0) is 15.1. The average Bonchev–Trinajstić information content (AvgIpc) is 2.84. The van der Waals surface area contributed by atoms with Crippen LogP contribution in [0, 0.1) is 6.92 Å². The number of nitrogen functional groups attached to an aromatic ring is 1. The Bertz CT molecular complexity index is 706. The van der Waals surface area contributed by atoms with Gasteiger partial charge in [0.05, 0.1) is 11.7 Å². The molecule has 0 spiro atoms. The van der Waals surface area contributed by atoms with Crippen LogP contribution in [0.5, 0.6) is 5.75 Å². The second-order valence-electron chi connectivity index (χ2n) is 5.50. The van der Waals surface area contributed by atoms with E-state index >= 15 is 0 Å². The number of rotatable bonds is 1. The lowest BCUT2D eigenvalue weighted by Crippen LogP contribution is -2.41. The summed E-state index contributed by atoms with van der Waals surface area (Å²) < 4.78 is 2.24.